The minimum absolute atomic E-state index is 0.546. The van der Waals surface area contributed by atoms with Crippen LogP contribution in [0.5, 0.6) is 0 Å². The standard InChI is InChI=1S/C23H22N2/c1-2-7-20(8-3-1)25-24-15-19-12-11-18-10-9-16-5-4-6-17-13-14-21(19)23(18)22(16)17/h4-6,9-15,20,25H,1-3,7-8H2/b24-15+. The highest BCUT2D eigenvalue weighted by Gasteiger charge is 2.12. The molecule has 2 heteroatoms. The number of rotatable bonds is 3. The zero-order valence-corrected chi connectivity index (χ0v) is 14.3. The maximum absolute atomic E-state index is 4.57. The van der Waals surface area contributed by atoms with E-state index in [-0.39, 0.29) is 0 Å². The lowest BCUT2D eigenvalue weighted by molar-refractivity contribution is 0.381. The molecule has 4 aromatic rings. The molecule has 0 atom stereocenters. The third-order valence-corrected chi connectivity index (χ3v) is 5.63. The summed E-state index contributed by atoms with van der Waals surface area (Å²) in [4.78, 5) is 0. The maximum atomic E-state index is 4.57. The first kappa shape index (κ1) is 14.7. The number of nitrogens with one attached hydrogen (secondary N) is 1. The molecule has 0 unspecified atom stereocenters. The van der Waals surface area contributed by atoms with Crippen LogP contribution in [0.2, 0.25) is 0 Å². The summed E-state index contributed by atoms with van der Waals surface area (Å²) < 4.78 is 0. The molecule has 124 valence electrons. The van der Waals surface area contributed by atoms with Crippen molar-refractivity contribution in [2.45, 2.75) is 38.1 Å². The Morgan fingerprint density at radius 3 is 2.24 bits per heavy atom. The highest BCUT2D eigenvalue weighted by molar-refractivity contribution is 6.25. The van der Waals surface area contributed by atoms with Gasteiger partial charge in [-0.1, -0.05) is 73.9 Å². The lowest BCUT2D eigenvalue weighted by Gasteiger charge is -2.20. The van der Waals surface area contributed by atoms with Crippen LogP contribution in [-0.2, 0) is 0 Å². The van der Waals surface area contributed by atoms with Crippen LogP contribution in [0.3, 0.4) is 0 Å². The molecule has 0 aromatic heterocycles. The Kier molecular flexibility index (Phi) is 3.55. The van der Waals surface area contributed by atoms with Crippen molar-refractivity contribution in [1.82, 2.24) is 5.43 Å². The van der Waals surface area contributed by atoms with Gasteiger partial charge in [-0.25, -0.2) is 0 Å². The van der Waals surface area contributed by atoms with Crippen LogP contribution in [0.1, 0.15) is 37.7 Å². The molecule has 2 nitrogen and oxygen atoms in total. The highest BCUT2D eigenvalue weighted by atomic mass is 15.3. The molecule has 1 saturated carbocycles. The van der Waals surface area contributed by atoms with Crippen molar-refractivity contribution in [1.29, 1.82) is 0 Å². The van der Waals surface area contributed by atoms with Gasteiger partial charge in [-0.3, -0.25) is 0 Å². The van der Waals surface area contributed by atoms with Crippen molar-refractivity contribution in [3.63, 3.8) is 0 Å². The number of nitrogens with zero attached hydrogens (tertiary/aromatic N) is 1. The Labute approximate surface area is 147 Å². The van der Waals surface area contributed by atoms with E-state index < -0.39 is 0 Å². The van der Waals surface area contributed by atoms with Crippen LogP contribution in [-0.4, -0.2) is 12.3 Å². The van der Waals surface area contributed by atoms with Crippen molar-refractivity contribution in [2.75, 3.05) is 0 Å². The van der Waals surface area contributed by atoms with Crippen LogP contribution in [0, 0.1) is 0 Å². The quantitative estimate of drug-likeness (QED) is 0.285. The normalized spacial score (nSPS) is 16.5. The SMILES string of the molecule is C(=N\NC1CCCCC1)/c1ccc2ccc3cccc4ccc1c2c34. The van der Waals surface area contributed by atoms with E-state index in [9.17, 15) is 0 Å². The zero-order chi connectivity index (χ0) is 16.6. The fourth-order valence-corrected chi connectivity index (χ4v) is 4.31. The molecular weight excluding hydrogens is 304 g/mol. The minimum Gasteiger partial charge on any atom is -0.307 e. The smallest absolute Gasteiger partial charge is 0.0546 e. The predicted octanol–water partition coefficient (Wildman–Crippen LogP) is 5.84. The molecule has 25 heavy (non-hydrogen) atoms. The Bertz CT molecular complexity index is 1040. The fourth-order valence-electron chi connectivity index (χ4n) is 4.31. The minimum atomic E-state index is 0.546. The van der Waals surface area contributed by atoms with Crippen LogP contribution < -0.4 is 5.43 Å². The lowest BCUT2D eigenvalue weighted by atomic mass is 9.92. The van der Waals surface area contributed by atoms with E-state index in [4.69, 9.17) is 0 Å². The maximum Gasteiger partial charge on any atom is 0.0546 e. The zero-order valence-electron chi connectivity index (χ0n) is 14.3. The number of hydrazone groups is 1. The Morgan fingerprint density at radius 2 is 1.44 bits per heavy atom. The summed E-state index contributed by atoms with van der Waals surface area (Å²) in [7, 11) is 0. The van der Waals surface area contributed by atoms with Crippen molar-refractivity contribution < 1.29 is 0 Å². The third kappa shape index (κ3) is 2.53. The second-order valence-electron chi connectivity index (χ2n) is 7.23. The summed E-state index contributed by atoms with van der Waals surface area (Å²) in [6.45, 7) is 0. The first-order valence-corrected chi connectivity index (χ1v) is 9.35. The van der Waals surface area contributed by atoms with Gasteiger partial charge in [0.25, 0.3) is 0 Å². The first-order valence-electron chi connectivity index (χ1n) is 9.35. The third-order valence-electron chi connectivity index (χ3n) is 5.63. The van der Waals surface area contributed by atoms with E-state index in [0.29, 0.717) is 6.04 Å². The highest BCUT2D eigenvalue weighted by Crippen LogP contribution is 2.35. The summed E-state index contributed by atoms with van der Waals surface area (Å²) in [5, 5.41) is 12.5. The molecule has 4 aromatic carbocycles. The van der Waals surface area contributed by atoms with Gasteiger partial charge in [0.2, 0.25) is 0 Å². The van der Waals surface area contributed by atoms with E-state index in [1.807, 2.05) is 6.21 Å². The molecule has 0 amide bonds. The molecule has 1 fully saturated rings. The Balaban J connectivity index is 1.58. The molecule has 0 aliphatic heterocycles. The monoisotopic (exact) mass is 326 g/mol. The topological polar surface area (TPSA) is 24.4 Å². The van der Waals surface area contributed by atoms with E-state index in [1.54, 1.807) is 0 Å². The molecule has 0 saturated heterocycles. The molecule has 1 aliphatic carbocycles. The molecule has 1 aliphatic rings. The van der Waals surface area contributed by atoms with Crippen molar-refractivity contribution in [3.8, 4) is 0 Å². The van der Waals surface area contributed by atoms with Gasteiger partial charge in [0.15, 0.2) is 0 Å². The molecule has 0 spiro atoms. The van der Waals surface area contributed by atoms with E-state index in [0.717, 1.165) is 0 Å². The number of hydrogen-bond acceptors (Lipinski definition) is 2. The Hall–Kier alpha value is -2.61. The van der Waals surface area contributed by atoms with Crippen LogP contribution in [0.25, 0.3) is 32.3 Å². The van der Waals surface area contributed by atoms with Gasteiger partial charge in [-0.05, 0) is 45.2 Å². The van der Waals surface area contributed by atoms with Gasteiger partial charge in [-0.15, -0.1) is 0 Å². The number of benzene rings is 4. The van der Waals surface area contributed by atoms with Crippen molar-refractivity contribution in [3.05, 3.63) is 60.2 Å². The van der Waals surface area contributed by atoms with E-state index in [2.05, 4.69) is 65.1 Å². The summed E-state index contributed by atoms with van der Waals surface area (Å²) in [5.41, 5.74) is 4.56. The lowest BCUT2D eigenvalue weighted by Crippen LogP contribution is -2.26. The van der Waals surface area contributed by atoms with E-state index >= 15 is 0 Å². The fraction of sp³-hybridized carbons (Fsp3) is 0.261. The molecule has 0 heterocycles. The van der Waals surface area contributed by atoms with Crippen LogP contribution in [0.4, 0.5) is 0 Å². The van der Waals surface area contributed by atoms with Gasteiger partial charge in [0, 0.05) is 11.6 Å². The van der Waals surface area contributed by atoms with E-state index in [1.165, 1.54) is 70.0 Å². The van der Waals surface area contributed by atoms with Gasteiger partial charge >= 0.3 is 0 Å². The first-order chi connectivity index (χ1) is 12.4. The molecule has 5 rings (SSSR count). The molecule has 1 N–H and O–H groups in total. The van der Waals surface area contributed by atoms with Gasteiger partial charge < -0.3 is 5.43 Å². The predicted molar refractivity (Wildman–Crippen MR) is 108 cm³/mol. The summed E-state index contributed by atoms with van der Waals surface area (Å²) >= 11 is 0. The Morgan fingerprint density at radius 1 is 0.760 bits per heavy atom. The number of hydrogen-bond donors (Lipinski definition) is 1. The van der Waals surface area contributed by atoms with Crippen LogP contribution >= 0.6 is 0 Å². The van der Waals surface area contributed by atoms with Gasteiger partial charge in [0.05, 0.1) is 6.21 Å². The van der Waals surface area contributed by atoms with Crippen molar-refractivity contribution >= 4 is 38.5 Å². The average Bonchev–Trinajstić information content (AvgIpc) is 2.68. The summed E-state index contributed by atoms with van der Waals surface area (Å²) in [6, 6.07) is 20.4. The van der Waals surface area contributed by atoms with Crippen molar-refractivity contribution in [2.24, 2.45) is 5.10 Å². The van der Waals surface area contributed by atoms with Gasteiger partial charge in [0.1, 0.15) is 0 Å². The largest absolute Gasteiger partial charge is 0.307 e. The molecule has 0 radical (unpaired) electrons. The molecular formula is C23H22N2. The molecule has 0 bridgehead atoms. The summed E-state index contributed by atoms with van der Waals surface area (Å²) in [5.74, 6) is 0. The second-order valence-corrected chi connectivity index (χ2v) is 7.23. The second kappa shape index (κ2) is 6.03. The van der Waals surface area contributed by atoms with Crippen LogP contribution in [0.15, 0.2) is 59.7 Å². The average molecular weight is 326 g/mol. The van der Waals surface area contributed by atoms with Gasteiger partial charge in [-0.2, -0.15) is 5.10 Å². The summed E-state index contributed by atoms with van der Waals surface area (Å²) in [6.07, 6.45) is 8.51.